The van der Waals surface area contributed by atoms with Crippen molar-refractivity contribution in [3.8, 4) is 11.8 Å². The summed E-state index contributed by atoms with van der Waals surface area (Å²) in [6.07, 6.45) is 1.42. The molecule has 0 aliphatic heterocycles. The number of anilines is 2. The van der Waals surface area contributed by atoms with Gasteiger partial charge in [0.25, 0.3) is 11.8 Å². The molecule has 0 fully saturated rings. The summed E-state index contributed by atoms with van der Waals surface area (Å²) in [6, 6.07) is 20.7. The molecule has 0 aliphatic carbocycles. The van der Waals surface area contributed by atoms with Crippen molar-refractivity contribution in [2.45, 2.75) is 6.92 Å². The lowest BCUT2D eigenvalue weighted by molar-refractivity contribution is -0.118. The minimum absolute atomic E-state index is 0.0830. The SMILES string of the molecule is Cc1cccc(NC(=O)/C(C#N)=C/c2ccc(OCC(=O)Nc3ccccc3Cl)c(Cl)c2)c1. The van der Waals surface area contributed by atoms with Crippen LogP contribution in [0.4, 0.5) is 11.4 Å². The van der Waals surface area contributed by atoms with E-state index >= 15 is 0 Å². The molecule has 0 unspecified atom stereocenters. The van der Waals surface area contributed by atoms with E-state index in [1.165, 1.54) is 6.08 Å². The highest BCUT2D eigenvalue weighted by atomic mass is 35.5. The molecule has 3 aromatic carbocycles. The highest BCUT2D eigenvalue weighted by molar-refractivity contribution is 6.33. The Balaban J connectivity index is 1.64. The molecule has 0 bridgehead atoms. The Morgan fingerprint density at radius 2 is 1.79 bits per heavy atom. The van der Waals surface area contributed by atoms with Crippen molar-refractivity contribution in [2.75, 3.05) is 17.2 Å². The minimum atomic E-state index is -0.532. The Bertz CT molecular complexity index is 1270. The number of aryl methyl sites for hydroxylation is 1. The Morgan fingerprint density at radius 3 is 2.48 bits per heavy atom. The number of benzene rings is 3. The van der Waals surface area contributed by atoms with E-state index in [1.54, 1.807) is 54.6 Å². The zero-order valence-electron chi connectivity index (χ0n) is 17.6. The van der Waals surface area contributed by atoms with Gasteiger partial charge in [0, 0.05) is 5.69 Å². The van der Waals surface area contributed by atoms with Gasteiger partial charge in [-0.05, 0) is 60.5 Å². The van der Waals surface area contributed by atoms with Gasteiger partial charge in [0.15, 0.2) is 6.61 Å². The lowest BCUT2D eigenvalue weighted by atomic mass is 10.1. The molecule has 3 aromatic rings. The molecule has 0 radical (unpaired) electrons. The summed E-state index contributed by atoms with van der Waals surface area (Å²) in [4.78, 5) is 24.6. The number of hydrogen-bond acceptors (Lipinski definition) is 4. The lowest BCUT2D eigenvalue weighted by Gasteiger charge is -2.10. The maximum atomic E-state index is 12.4. The van der Waals surface area contributed by atoms with Gasteiger partial charge in [0.1, 0.15) is 17.4 Å². The fourth-order valence-corrected chi connectivity index (χ4v) is 3.28. The second-order valence-electron chi connectivity index (χ2n) is 7.00. The van der Waals surface area contributed by atoms with E-state index in [9.17, 15) is 14.9 Å². The first-order chi connectivity index (χ1) is 15.9. The molecular weight excluding hydrogens is 461 g/mol. The van der Waals surface area contributed by atoms with Gasteiger partial charge in [-0.1, -0.05) is 53.5 Å². The summed E-state index contributed by atoms with van der Waals surface area (Å²) < 4.78 is 5.48. The van der Waals surface area contributed by atoms with E-state index in [0.29, 0.717) is 22.0 Å². The Labute approximate surface area is 201 Å². The largest absolute Gasteiger partial charge is 0.482 e. The number of amides is 2. The summed E-state index contributed by atoms with van der Waals surface area (Å²) >= 11 is 12.3. The van der Waals surface area contributed by atoms with Crippen LogP contribution < -0.4 is 15.4 Å². The number of nitrogens with zero attached hydrogens (tertiary/aromatic N) is 1. The summed E-state index contributed by atoms with van der Waals surface area (Å²) in [5, 5.41) is 15.4. The highest BCUT2D eigenvalue weighted by Gasteiger charge is 2.12. The fraction of sp³-hybridized carbons (Fsp3) is 0.0800. The number of ether oxygens (including phenoxy) is 1. The molecular formula is C25H19Cl2N3O3. The van der Waals surface area contributed by atoms with Gasteiger partial charge < -0.3 is 15.4 Å². The van der Waals surface area contributed by atoms with E-state index in [0.717, 1.165) is 5.56 Å². The van der Waals surface area contributed by atoms with Crippen molar-refractivity contribution in [3.05, 3.63) is 93.5 Å². The average molecular weight is 480 g/mol. The number of para-hydroxylation sites is 1. The van der Waals surface area contributed by atoms with E-state index < -0.39 is 11.8 Å². The van der Waals surface area contributed by atoms with Gasteiger partial charge in [-0.15, -0.1) is 0 Å². The molecule has 3 rings (SSSR count). The highest BCUT2D eigenvalue weighted by Crippen LogP contribution is 2.27. The van der Waals surface area contributed by atoms with Gasteiger partial charge >= 0.3 is 0 Å². The Morgan fingerprint density at radius 1 is 1.00 bits per heavy atom. The van der Waals surface area contributed by atoms with Crippen LogP contribution in [0.3, 0.4) is 0 Å². The summed E-state index contributed by atoms with van der Waals surface area (Å²) in [6.45, 7) is 1.63. The van der Waals surface area contributed by atoms with Gasteiger partial charge in [0.2, 0.25) is 0 Å². The van der Waals surface area contributed by atoms with Gasteiger partial charge in [-0.25, -0.2) is 0 Å². The molecule has 0 heterocycles. The number of carbonyl (C=O) groups is 2. The molecule has 0 aromatic heterocycles. The molecule has 6 nitrogen and oxygen atoms in total. The van der Waals surface area contributed by atoms with Crippen molar-refractivity contribution in [2.24, 2.45) is 0 Å². The molecule has 8 heteroatoms. The number of hydrogen-bond donors (Lipinski definition) is 2. The van der Waals surface area contributed by atoms with Crippen LogP contribution in [0, 0.1) is 18.3 Å². The number of nitriles is 1. The van der Waals surface area contributed by atoms with Crippen LogP contribution in [0.1, 0.15) is 11.1 Å². The molecule has 0 aliphatic rings. The van der Waals surface area contributed by atoms with Crippen LogP contribution in [-0.2, 0) is 9.59 Å². The normalized spacial score (nSPS) is 10.8. The monoisotopic (exact) mass is 479 g/mol. The second-order valence-corrected chi connectivity index (χ2v) is 7.81. The fourth-order valence-electron chi connectivity index (χ4n) is 2.85. The topological polar surface area (TPSA) is 91.2 Å². The van der Waals surface area contributed by atoms with Crippen molar-refractivity contribution in [3.63, 3.8) is 0 Å². The number of nitrogens with one attached hydrogen (secondary N) is 2. The lowest BCUT2D eigenvalue weighted by Crippen LogP contribution is -2.20. The molecule has 0 saturated heterocycles. The van der Waals surface area contributed by atoms with Crippen molar-refractivity contribution >= 4 is 52.5 Å². The van der Waals surface area contributed by atoms with Crippen LogP contribution in [0.2, 0.25) is 10.0 Å². The number of halogens is 2. The van der Waals surface area contributed by atoms with Crippen LogP contribution in [0.5, 0.6) is 5.75 Å². The van der Waals surface area contributed by atoms with Gasteiger partial charge in [-0.2, -0.15) is 5.26 Å². The first kappa shape index (κ1) is 23.9. The smallest absolute Gasteiger partial charge is 0.266 e. The van der Waals surface area contributed by atoms with Crippen molar-refractivity contribution in [1.29, 1.82) is 5.26 Å². The van der Waals surface area contributed by atoms with Gasteiger partial charge in [-0.3, -0.25) is 9.59 Å². The van der Waals surface area contributed by atoms with Crippen LogP contribution in [0.15, 0.2) is 72.3 Å². The first-order valence-corrected chi connectivity index (χ1v) is 10.6. The number of carbonyl (C=O) groups excluding carboxylic acids is 2. The minimum Gasteiger partial charge on any atom is -0.482 e. The molecule has 2 N–H and O–H groups in total. The summed E-state index contributed by atoms with van der Waals surface area (Å²) in [7, 11) is 0. The quantitative estimate of drug-likeness (QED) is 0.327. The molecule has 0 saturated carbocycles. The zero-order chi connectivity index (χ0) is 23.8. The van der Waals surface area contributed by atoms with E-state index in [-0.39, 0.29) is 23.0 Å². The van der Waals surface area contributed by atoms with E-state index in [4.69, 9.17) is 27.9 Å². The standard InChI is InChI=1S/C25H19Cl2N3O3/c1-16-5-4-6-19(11-16)29-25(32)18(14-28)12-17-9-10-23(21(27)13-17)33-15-24(31)30-22-8-3-2-7-20(22)26/h2-13H,15H2,1H3,(H,29,32)(H,30,31)/b18-12+. The molecule has 0 spiro atoms. The predicted octanol–water partition coefficient (Wildman–Crippen LogP) is 5.87. The third-order valence-corrected chi connectivity index (χ3v) is 5.04. The number of rotatable bonds is 7. The molecule has 2 amide bonds. The third-order valence-electron chi connectivity index (χ3n) is 4.41. The second kappa shape index (κ2) is 11.2. The molecule has 0 atom stereocenters. The van der Waals surface area contributed by atoms with Crippen LogP contribution in [0.25, 0.3) is 6.08 Å². The van der Waals surface area contributed by atoms with E-state index in [2.05, 4.69) is 10.6 Å². The molecule has 33 heavy (non-hydrogen) atoms. The zero-order valence-corrected chi connectivity index (χ0v) is 19.1. The van der Waals surface area contributed by atoms with Gasteiger partial charge in [0.05, 0.1) is 15.7 Å². The molecule has 166 valence electrons. The maximum absolute atomic E-state index is 12.4. The maximum Gasteiger partial charge on any atom is 0.266 e. The van der Waals surface area contributed by atoms with Crippen LogP contribution in [-0.4, -0.2) is 18.4 Å². The first-order valence-electron chi connectivity index (χ1n) is 9.82. The Hall–Kier alpha value is -3.79. The predicted molar refractivity (Wildman–Crippen MR) is 130 cm³/mol. The van der Waals surface area contributed by atoms with E-state index in [1.807, 2.05) is 25.1 Å². The third kappa shape index (κ3) is 6.84. The van der Waals surface area contributed by atoms with Crippen molar-refractivity contribution < 1.29 is 14.3 Å². The Kier molecular flexibility index (Phi) is 8.09. The van der Waals surface area contributed by atoms with Crippen molar-refractivity contribution in [1.82, 2.24) is 0 Å². The van der Waals surface area contributed by atoms with Crippen LogP contribution >= 0.6 is 23.2 Å². The average Bonchev–Trinajstić information content (AvgIpc) is 2.78. The summed E-state index contributed by atoms with van der Waals surface area (Å²) in [5.41, 5.74) is 2.51. The summed E-state index contributed by atoms with van der Waals surface area (Å²) in [5.74, 6) is -0.649.